The van der Waals surface area contributed by atoms with E-state index in [4.69, 9.17) is 0 Å². The van der Waals surface area contributed by atoms with Gasteiger partial charge >= 0.3 is 0 Å². The summed E-state index contributed by atoms with van der Waals surface area (Å²) >= 11 is 0. The molecule has 0 radical (unpaired) electrons. The molecule has 0 heterocycles. The predicted octanol–water partition coefficient (Wildman–Crippen LogP) is 7.39. The monoisotopic (exact) mass is 382 g/mol. The lowest BCUT2D eigenvalue weighted by Gasteiger charge is -2.52. The highest BCUT2D eigenvalue weighted by molar-refractivity contribution is 5.80. The first-order chi connectivity index (χ1) is 13.2. The van der Waals surface area contributed by atoms with Gasteiger partial charge in [0.05, 0.1) is 0 Å². The molecule has 2 fully saturated rings. The largest absolute Gasteiger partial charge is 0.300 e. The highest BCUT2D eigenvalue weighted by Crippen LogP contribution is 2.60. The van der Waals surface area contributed by atoms with E-state index in [1.165, 1.54) is 25.7 Å². The summed E-state index contributed by atoms with van der Waals surface area (Å²) in [6, 6.07) is 0. The summed E-state index contributed by atoms with van der Waals surface area (Å²) in [6.45, 7) is 16.3. The van der Waals surface area contributed by atoms with Gasteiger partial charge in [-0.25, -0.2) is 0 Å². The summed E-state index contributed by atoms with van der Waals surface area (Å²) in [4.78, 5) is 12.0. The molecule has 0 aromatic rings. The summed E-state index contributed by atoms with van der Waals surface area (Å²) in [5.74, 6) is 4.28. The maximum atomic E-state index is 12.0. The van der Waals surface area contributed by atoms with Crippen molar-refractivity contribution in [2.45, 2.75) is 79.6 Å². The van der Waals surface area contributed by atoms with Crippen molar-refractivity contribution in [1.82, 2.24) is 0 Å². The molecule has 0 aliphatic heterocycles. The molecule has 2 saturated carbocycles. The summed E-state index contributed by atoms with van der Waals surface area (Å²) in [6.07, 6.45) is 19.6. The molecule has 156 valence electrons. The van der Waals surface area contributed by atoms with Crippen LogP contribution in [0.2, 0.25) is 0 Å². The molecule has 1 nitrogen and oxygen atoms in total. The molecule has 0 spiro atoms. The molecule has 0 N–H and O–H groups in total. The fourth-order valence-corrected chi connectivity index (χ4v) is 6.61. The molecule has 28 heavy (non-hydrogen) atoms. The van der Waals surface area contributed by atoms with Crippen molar-refractivity contribution < 1.29 is 4.79 Å². The zero-order valence-corrected chi connectivity index (χ0v) is 18.9. The number of hydrogen-bond donors (Lipinski definition) is 0. The first-order valence-corrected chi connectivity index (χ1v) is 11.7. The summed E-state index contributed by atoms with van der Waals surface area (Å²) in [5, 5.41) is 0. The molecule has 1 heteroatoms. The number of rotatable bonds is 6. The van der Waals surface area contributed by atoms with Crippen molar-refractivity contribution in [2.24, 2.45) is 46.3 Å². The Balaban J connectivity index is 1.77. The highest BCUT2D eigenvalue weighted by atomic mass is 16.1. The highest BCUT2D eigenvalue weighted by Gasteiger charge is 2.53. The Kier molecular flexibility index (Phi) is 6.42. The van der Waals surface area contributed by atoms with E-state index in [2.05, 4.69) is 71.6 Å². The van der Waals surface area contributed by atoms with Crippen molar-refractivity contribution in [3.63, 3.8) is 0 Å². The van der Waals surface area contributed by atoms with Gasteiger partial charge < -0.3 is 0 Å². The van der Waals surface area contributed by atoms with Gasteiger partial charge in [0.15, 0.2) is 0 Å². The zero-order chi connectivity index (χ0) is 20.5. The fourth-order valence-electron chi connectivity index (χ4n) is 6.61. The SMILES string of the molecule is C=CC1(C)C(C/C=C/CC(C)C)CCC1C1C=CC2CC(=O)CC[C@]2(C)C1C. The van der Waals surface area contributed by atoms with E-state index in [1.54, 1.807) is 0 Å². The Labute approximate surface area is 173 Å². The molecule has 7 atom stereocenters. The third-order valence-electron chi connectivity index (χ3n) is 9.02. The molecule has 6 unspecified atom stereocenters. The Bertz CT molecular complexity index is 641. The van der Waals surface area contributed by atoms with E-state index >= 15 is 0 Å². The van der Waals surface area contributed by atoms with Crippen LogP contribution in [0.25, 0.3) is 0 Å². The summed E-state index contributed by atoms with van der Waals surface area (Å²) in [7, 11) is 0. The van der Waals surface area contributed by atoms with E-state index < -0.39 is 0 Å². The summed E-state index contributed by atoms with van der Waals surface area (Å²) < 4.78 is 0. The molecule has 3 aliphatic rings. The van der Waals surface area contributed by atoms with Gasteiger partial charge in [0, 0.05) is 12.8 Å². The second kappa shape index (κ2) is 8.33. The Morgan fingerprint density at radius 2 is 1.96 bits per heavy atom. The van der Waals surface area contributed by atoms with Crippen LogP contribution in [0, 0.1) is 46.3 Å². The van der Waals surface area contributed by atoms with Crippen LogP contribution in [0.5, 0.6) is 0 Å². The van der Waals surface area contributed by atoms with E-state index in [0.717, 1.165) is 25.2 Å². The van der Waals surface area contributed by atoms with Gasteiger partial charge in [0.2, 0.25) is 0 Å². The predicted molar refractivity (Wildman–Crippen MR) is 120 cm³/mol. The second-order valence-corrected chi connectivity index (χ2v) is 10.9. The molecule has 0 saturated heterocycles. The van der Waals surface area contributed by atoms with Crippen molar-refractivity contribution in [3.05, 3.63) is 37.0 Å². The van der Waals surface area contributed by atoms with Gasteiger partial charge in [-0.05, 0) is 78.4 Å². The minimum absolute atomic E-state index is 0.207. The maximum Gasteiger partial charge on any atom is 0.133 e. The van der Waals surface area contributed by atoms with Crippen LogP contribution in [0.15, 0.2) is 37.0 Å². The van der Waals surface area contributed by atoms with Crippen LogP contribution >= 0.6 is 0 Å². The molecular weight excluding hydrogens is 340 g/mol. The Hall–Kier alpha value is -1.11. The molecule has 3 aliphatic carbocycles. The van der Waals surface area contributed by atoms with E-state index in [1.807, 2.05) is 0 Å². The van der Waals surface area contributed by atoms with Crippen LogP contribution in [0.4, 0.5) is 0 Å². The van der Waals surface area contributed by atoms with E-state index in [9.17, 15) is 4.79 Å². The minimum Gasteiger partial charge on any atom is -0.300 e. The summed E-state index contributed by atoms with van der Waals surface area (Å²) in [5.41, 5.74) is 0.490. The average Bonchev–Trinajstić information content (AvgIpc) is 2.98. The standard InChI is InChI=1S/C27H42O/c1-7-26(5)21(11-9-8-10-19(2)3)13-15-25(26)24-14-12-22-18-23(28)16-17-27(22,6)20(24)4/h7-9,12,14,19-22,24-25H,1,10-11,13,15-18H2,2-6H3/b9-8+/t20?,21?,22?,24?,25?,26?,27-/m1/s1. The fraction of sp³-hybridized carbons (Fsp3) is 0.741. The topological polar surface area (TPSA) is 17.1 Å². The number of hydrogen-bond acceptors (Lipinski definition) is 1. The molecule has 0 bridgehead atoms. The van der Waals surface area contributed by atoms with Crippen LogP contribution in [0.3, 0.4) is 0 Å². The average molecular weight is 383 g/mol. The van der Waals surface area contributed by atoms with Crippen molar-refractivity contribution >= 4 is 5.78 Å². The minimum atomic E-state index is 0.207. The van der Waals surface area contributed by atoms with Gasteiger partial charge in [-0.2, -0.15) is 0 Å². The third-order valence-corrected chi connectivity index (χ3v) is 9.02. The van der Waals surface area contributed by atoms with Crippen molar-refractivity contribution in [1.29, 1.82) is 0 Å². The van der Waals surface area contributed by atoms with Gasteiger partial charge in [-0.1, -0.05) is 65.0 Å². The smallest absolute Gasteiger partial charge is 0.133 e. The number of fused-ring (bicyclic) bond motifs is 1. The van der Waals surface area contributed by atoms with Crippen LogP contribution in [-0.2, 0) is 4.79 Å². The van der Waals surface area contributed by atoms with Crippen molar-refractivity contribution in [2.75, 3.05) is 0 Å². The van der Waals surface area contributed by atoms with E-state index in [0.29, 0.717) is 35.4 Å². The normalized spacial score (nSPS) is 43.6. The lowest BCUT2D eigenvalue weighted by molar-refractivity contribution is -0.126. The number of carbonyl (C=O) groups excluding carboxylic acids is 1. The van der Waals surface area contributed by atoms with Crippen LogP contribution in [-0.4, -0.2) is 5.78 Å². The Morgan fingerprint density at radius 3 is 2.64 bits per heavy atom. The molecular formula is C27H42O. The van der Waals surface area contributed by atoms with Crippen LogP contribution < -0.4 is 0 Å². The molecule has 0 aromatic carbocycles. The van der Waals surface area contributed by atoms with Gasteiger partial charge in [0.25, 0.3) is 0 Å². The lowest BCUT2D eigenvalue weighted by Crippen LogP contribution is -2.47. The number of Topliss-reactive ketones (excluding diaryl/α,β-unsaturated/α-hetero) is 1. The lowest BCUT2D eigenvalue weighted by atomic mass is 9.52. The number of ketones is 1. The van der Waals surface area contributed by atoms with Gasteiger partial charge in [0.1, 0.15) is 5.78 Å². The second-order valence-electron chi connectivity index (χ2n) is 10.9. The number of allylic oxidation sites excluding steroid dienone is 5. The zero-order valence-electron chi connectivity index (χ0n) is 18.9. The molecule has 0 amide bonds. The van der Waals surface area contributed by atoms with Gasteiger partial charge in [-0.15, -0.1) is 6.58 Å². The molecule has 0 aromatic heterocycles. The van der Waals surface area contributed by atoms with E-state index in [-0.39, 0.29) is 10.8 Å². The number of carbonyl (C=O) groups is 1. The Morgan fingerprint density at radius 1 is 1.21 bits per heavy atom. The van der Waals surface area contributed by atoms with Gasteiger partial charge in [-0.3, -0.25) is 4.79 Å². The first kappa shape index (κ1) is 21.6. The van der Waals surface area contributed by atoms with Crippen LogP contribution in [0.1, 0.15) is 79.6 Å². The molecule has 3 rings (SSSR count). The quantitative estimate of drug-likeness (QED) is 0.437. The third kappa shape index (κ3) is 3.83. The first-order valence-electron chi connectivity index (χ1n) is 11.7. The maximum absolute atomic E-state index is 12.0. The van der Waals surface area contributed by atoms with Crippen molar-refractivity contribution in [3.8, 4) is 0 Å².